The van der Waals surface area contributed by atoms with Crippen LogP contribution in [0.1, 0.15) is 40.0 Å². The number of esters is 2. The molecule has 0 aromatic rings. The molecule has 0 radical (unpaired) electrons. The van der Waals surface area contributed by atoms with Crippen molar-refractivity contribution in [2.24, 2.45) is 16.2 Å². The van der Waals surface area contributed by atoms with E-state index < -0.39 is 45.5 Å². The van der Waals surface area contributed by atoms with E-state index in [1.807, 2.05) is 0 Å². The normalized spacial score (nSPS) is 61.3. The summed E-state index contributed by atoms with van der Waals surface area (Å²) in [6, 6.07) is 0. The van der Waals surface area contributed by atoms with Crippen LogP contribution >= 0.6 is 0 Å². The van der Waals surface area contributed by atoms with Crippen molar-refractivity contribution in [1.29, 1.82) is 0 Å². The summed E-state index contributed by atoms with van der Waals surface area (Å²) in [5, 5.41) is 22.6. The molecule has 4 rings (SSSR count). The number of carbonyl (C=O) groups excluding carboxylic acids is 2. The fourth-order valence-corrected chi connectivity index (χ4v) is 5.86. The summed E-state index contributed by atoms with van der Waals surface area (Å²) >= 11 is 0. The van der Waals surface area contributed by atoms with Gasteiger partial charge in [0.2, 0.25) is 0 Å². The first-order valence-electron chi connectivity index (χ1n) is 7.39. The molecule has 2 saturated carbocycles. The highest BCUT2D eigenvalue weighted by atomic mass is 16.6. The molecule has 4 fully saturated rings. The molecule has 116 valence electrons. The van der Waals surface area contributed by atoms with E-state index in [2.05, 4.69) is 0 Å². The Balaban J connectivity index is 2.03. The SMILES string of the molecule is CC12C(=O)OCC1(C)C1(O)CC[C@]3(C)OC(=O)CC13[C@@H]2O. The summed E-state index contributed by atoms with van der Waals surface area (Å²) in [4.78, 5) is 24.3. The monoisotopic (exact) mass is 296 g/mol. The Bertz CT molecular complexity index is 589. The van der Waals surface area contributed by atoms with E-state index in [0.717, 1.165) is 0 Å². The van der Waals surface area contributed by atoms with E-state index in [4.69, 9.17) is 9.47 Å². The van der Waals surface area contributed by atoms with Gasteiger partial charge in [0.25, 0.3) is 0 Å². The molecule has 2 saturated heterocycles. The van der Waals surface area contributed by atoms with Gasteiger partial charge in [-0.15, -0.1) is 0 Å². The summed E-state index contributed by atoms with van der Waals surface area (Å²) < 4.78 is 10.7. The summed E-state index contributed by atoms with van der Waals surface area (Å²) in [6.45, 7) is 5.24. The molecule has 2 aliphatic heterocycles. The highest BCUT2D eigenvalue weighted by Crippen LogP contribution is 2.78. The van der Waals surface area contributed by atoms with Crippen molar-refractivity contribution in [3.63, 3.8) is 0 Å². The van der Waals surface area contributed by atoms with Crippen molar-refractivity contribution in [2.75, 3.05) is 6.61 Å². The van der Waals surface area contributed by atoms with Crippen molar-refractivity contribution in [1.82, 2.24) is 0 Å². The molecule has 4 aliphatic rings. The fraction of sp³-hybridized carbons (Fsp3) is 0.867. The lowest BCUT2D eigenvalue weighted by atomic mass is 9.61. The lowest BCUT2D eigenvalue weighted by molar-refractivity contribution is -0.174. The Morgan fingerprint density at radius 2 is 1.86 bits per heavy atom. The largest absolute Gasteiger partial charge is 0.464 e. The van der Waals surface area contributed by atoms with Crippen molar-refractivity contribution in [2.45, 2.75) is 57.3 Å². The van der Waals surface area contributed by atoms with Gasteiger partial charge in [-0.3, -0.25) is 9.59 Å². The molecule has 6 heteroatoms. The highest BCUT2D eigenvalue weighted by Gasteiger charge is 2.91. The average Bonchev–Trinajstić information content (AvgIpc) is 2.94. The summed E-state index contributed by atoms with van der Waals surface area (Å²) in [5.41, 5.74) is -5.59. The van der Waals surface area contributed by atoms with E-state index >= 15 is 0 Å². The molecule has 2 N–H and O–H groups in total. The molecule has 0 bridgehead atoms. The van der Waals surface area contributed by atoms with Crippen LogP contribution in [0.25, 0.3) is 0 Å². The molecule has 2 heterocycles. The molecule has 0 aromatic carbocycles. The minimum Gasteiger partial charge on any atom is -0.464 e. The Labute approximate surface area is 122 Å². The molecular formula is C15H20O6. The molecular weight excluding hydrogens is 276 g/mol. The molecule has 0 amide bonds. The predicted molar refractivity (Wildman–Crippen MR) is 68.9 cm³/mol. The van der Waals surface area contributed by atoms with Gasteiger partial charge < -0.3 is 19.7 Å². The van der Waals surface area contributed by atoms with E-state index in [1.165, 1.54) is 0 Å². The maximum absolute atomic E-state index is 12.3. The number of ether oxygens (including phenoxy) is 2. The lowest BCUT2D eigenvalue weighted by Crippen LogP contribution is -2.58. The van der Waals surface area contributed by atoms with Gasteiger partial charge in [0.05, 0.1) is 23.5 Å². The first-order valence-corrected chi connectivity index (χ1v) is 7.39. The molecule has 6 nitrogen and oxygen atoms in total. The third-order valence-electron chi connectivity index (χ3n) is 7.40. The van der Waals surface area contributed by atoms with Gasteiger partial charge in [0, 0.05) is 5.41 Å². The number of fused-ring (bicyclic) bond motifs is 2. The van der Waals surface area contributed by atoms with Gasteiger partial charge >= 0.3 is 11.9 Å². The second kappa shape index (κ2) is 3.13. The third-order valence-corrected chi connectivity index (χ3v) is 7.40. The number of cyclic esters (lactones) is 1. The van der Waals surface area contributed by atoms with Gasteiger partial charge in [-0.2, -0.15) is 0 Å². The summed E-state index contributed by atoms with van der Waals surface area (Å²) in [7, 11) is 0. The van der Waals surface area contributed by atoms with Crippen LogP contribution in [0.2, 0.25) is 0 Å². The lowest BCUT2D eigenvalue weighted by Gasteiger charge is -2.45. The zero-order valence-corrected chi connectivity index (χ0v) is 12.4. The molecule has 0 aromatic heterocycles. The predicted octanol–water partition coefficient (Wildman–Crippen LogP) is 0.147. The van der Waals surface area contributed by atoms with Crippen LogP contribution < -0.4 is 0 Å². The molecule has 4 unspecified atom stereocenters. The maximum atomic E-state index is 12.3. The highest BCUT2D eigenvalue weighted by molar-refractivity contribution is 5.84. The van der Waals surface area contributed by atoms with Crippen LogP contribution in [0.5, 0.6) is 0 Å². The number of hydrogen-bond acceptors (Lipinski definition) is 6. The molecule has 6 atom stereocenters. The van der Waals surface area contributed by atoms with E-state index in [-0.39, 0.29) is 13.0 Å². The van der Waals surface area contributed by atoms with Crippen LogP contribution in [0.3, 0.4) is 0 Å². The van der Waals surface area contributed by atoms with Crippen molar-refractivity contribution in [3.05, 3.63) is 0 Å². The zero-order chi connectivity index (χ0) is 15.5. The van der Waals surface area contributed by atoms with E-state index in [9.17, 15) is 19.8 Å². The molecule has 2 aliphatic carbocycles. The van der Waals surface area contributed by atoms with Crippen molar-refractivity contribution < 1.29 is 29.3 Å². The van der Waals surface area contributed by atoms with Crippen LogP contribution in [-0.4, -0.2) is 46.1 Å². The maximum Gasteiger partial charge on any atom is 0.315 e. The van der Waals surface area contributed by atoms with Crippen LogP contribution in [0.4, 0.5) is 0 Å². The number of carbonyl (C=O) groups is 2. The third kappa shape index (κ3) is 0.932. The van der Waals surface area contributed by atoms with Gasteiger partial charge in [-0.05, 0) is 26.7 Å². The molecule has 21 heavy (non-hydrogen) atoms. The topological polar surface area (TPSA) is 93.1 Å². The van der Waals surface area contributed by atoms with Gasteiger partial charge in [0.1, 0.15) is 17.6 Å². The Kier molecular flexibility index (Phi) is 2.01. The summed E-state index contributed by atoms with van der Waals surface area (Å²) in [5.74, 6) is -0.924. The Morgan fingerprint density at radius 1 is 1.19 bits per heavy atom. The fourth-order valence-electron chi connectivity index (χ4n) is 5.86. The first-order chi connectivity index (χ1) is 9.59. The molecule has 1 spiro atoms. The minimum atomic E-state index is -1.36. The minimum absolute atomic E-state index is 0.0559. The number of aliphatic hydroxyl groups excluding tert-OH is 1. The smallest absolute Gasteiger partial charge is 0.315 e. The second-order valence-electron chi connectivity index (χ2n) is 7.73. The van der Waals surface area contributed by atoms with E-state index in [1.54, 1.807) is 20.8 Å². The van der Waals surface area contributed by atoms with Crippen LogP contribution in [-0.2, 0) is 19.1 Å². The summed E-state index contributed by atoms with van der Waals surface area (Å²) in [6.07, 6.45) is -0.364. The number of rotatable bonds is 0. The van der Waals surface area contributed by atoms with Crippen molar-refractivity contribution in [3.8, 4) is 0 Å². The quantitative estimate of drug-likeness (QED) is 0.618. The van der Waals surface area contributed by atoms with Gasteiger partial charge in [-0.1, -0.05) is 6.92 Å². The van der Waals surface area contributed by atoms with E-state index in [0.29, 0.717) is 12.8 Å². The Hall–Kier alpha value is -1.14. The van der Waals surface area contributed by atoms with Crippen LogP contribution in [0, 0.1) is 16.2 Å². The first kappa shape index (κ1) is 13.5. The van der Waals surface area contributed by atoms with Crippen molar-refractivity contribution >= 4 is 11.9 Å². The number of hydrogen-bond donors (Lipinski definition) is 2. The standard InChI is InChI=1S/C15H20O6/c1-11-7-20-10(18)13(11,3)9(17)14-6-8(16)21-12(14,2)4-5-15(11,14)19/h9,17,19H,4-7H2,1-3H3/t9-,11?,12+,13?,14?,15?/m1/s1. The van der Waals surface area contributed by atoms with Crippen LogP contribution in [0.15, 0.2) is 0 Å². The Morgan fingerprint density at radius 3 is 2.52 bits per heavy atom. The zero-order valence-electron chi connectivity index (χ0n) is 12.4. The van der Waals surface area contributed by atoms with Gasteiger partial charge in [-0.25, -0.2) is 0 Å². The number of aliphatic hydroxyl groups is 2. The van der Waals surface area contributed by atoms with Gasteiger partial charge in [0.15, 0.2) is 0 Å². The second-order valence-corrected chi connectivity index (χ2v) is 7.73. The average molecular weight is 296 g/mol.